The highest BCUT2D eigenvalue weighted by molar-refractivity contribution is 8.01. The van der Waals surface area contributed by atoms with Gasteiger partial charge in [-0.05, 0) is 31.4 Å². The van der Waals surface area contributed by atoms with Crippen LogP contribution in [0.15, 0.2) is 28.6 Å². The summed E-state index contributed by atoms with van der Waals surface area (Å²) in [6, 6.07) is 7.87. The maximum Gasteiger partial charge on any atom is 0.316 e. The first-order valence-corrected chi connectivity index (χ1v) is 9.44. The van der Waals surface area contributed by atoms with Gasteiger partial charge in [-0.15, -0.1) is 11.3 Å². The quantitative estimate of drug-likeness (QED) is 0.613. The number of carbonyl (C=O) groups is 2. The van der Waals surface area contributed by atoms with Crippen LogP contribution in [-0.4, -0.2) is 47.2 Å². The zero-order valence-electron chi connectivity index (χ0n) is 12.7. The minimum atomic E-state index is -0.375. The predicted molar refractivity (Wildman–Crippen MR) is 91.7 cm³/mol. The number of hydrogen-bond donors (Lipinski definition) is 0. The van der Waals surface area contributed by atoms with Crippen LogP contribution in [0.25, 0.3) is 10.2 Å². The standard InChI is InChI=1S/C16H18N2O3S2/c19-14(18-8-4-1-5-9-18)10-21-15(20)11-22-16-17-12-6-2-3-7-13(12)23-16/h2-3,6-7H,1,4-5,8-11H2. The second kappa shape index (κ2) is 7.79. The van der Waals surface area contributed by atoms with Crippen LogP contribution >= 0.6 is 23.1 Å². The molecule has 23 heavy (non-hydrogen) atoms. The molecule has 1 fully saturated rings. The van der Waals surface area contributed by atoms with E-state index < -0.39 is 0 Å². The second-order valence-electron chi connectivity index (χ2n) is 5.34. The maximum atomic E-state index is 11.9. The van der Waals surface area contributed by atoms with Crippen LogP contribution in [-0.2, 0) is 14.3 Å². The molecule has 2 aromatic rings. The number of thiazole rings is 1. The van der Waals surface area contributed by atoms with Crippen LogP contribution in [0.1, 0.15) is 19.3 Å². The number of benzene rings is 1. The number of fused-ring (bicyclic) bond motifs is 1. The summed E-state index contributed by atoms with van der Waals surface area (Å²) in [5.41, 5.74) is 0.939. The number of likely N-dealkylation sites (tertiary alicyclic amines) is 1. The minimum absolute atomic E-state index is 0.0944. The number of hydrogen-bond acceptors (Lipinski definition) is 6. The van der Waals surface area contributed by atoms with Gasteiger partial charge in [0.25, 0.3) is 5.91 Å². The van der Waals surface area contributed by atoms with Gasteiger partial charge in [0.05, 0.1) is 16.0 Å². The number of aromatic nitrogens is 1. The van der Waals surface area contributed by atoms with E-state index in [2.05, 4.69) is 4.98 Å². The van der Waals surface area contributed by atoms with Gasteiger partial charge in [-0.2, -0.15) is 0 Å². The number of rotatable bonds is 5. The lowest BCUT2D eigenvalue weighted by Gasteiger charge is -2.26. The van der Waals surface area contributed by atoms with Crippen molar-refractivity contribution < 1.29 is 14.3 Å². The topological polar surface area (TPSA) is 59.5 Å². The summed E-state index contributed by atoms with van der Waals surface area (Å²) in [5, 5.41) is 0. The average Bonchev–Trinajstić information content (AvgIpc) is 3.01. The van der Waals surface area contributed by atoms with Crippen LogP contribution in [0.4, 0.5) is 0 Å². The summed E-state index contributed by atoms with van der Waals surface area (Å²) in [7, 11) is 0. The van der Waals surface area contributed by atoms with Crippen molar-refractivity contribution in [2.24, 2.45) is 0 Å². The zero-order chi connectivity index (χ0) is 16.1. The Bertz CT molecular complexity index is 662. The first-order valence-electron chi connectivity index (χ1n) is 7.64. The number of nitrogens with zero attached hydrogens (tertiary/aromatic N) is 2. The van der Waals surface area contributed by atoms with Gasteiger partial charge < -0.3 is 9.64 Å². The van der Waals surface area contributed by atoms with Gasteiger partial charge in [0.2, 0.25) is 0 Å². The van der Waals surface area contributed by atoms with Gasteiger partial charge in [-0.1, -0.05) is 23.9 Å². The van der Waals surface area contributed by atoms with E-state index in [0.29, 0.717) is 0 Å². The van der Waals surface area contributed by atoms with Crippen molar-refractivity contribution in [1.82, 2.24) is 9.88 Å². The van der Waals surface area contributed by atoms with Crippen molar-refractivity contribution in [3.8, 4) is 0 Å². The minimum Gasteiger partial charge on any atom is -0.455 e. The fraction of sp³-hybridized carbons (Fsp3) is 0.438. The normalized spacial score (nSPS) is 14.9. The average molecular weight is 350 g/mol. The molecule has 0 spiro atoms. The van der Waals surface area contributed by atoms with Crippen molar-refractivity contribution in [3.63, 3.8) is 0 Å². The molecule has 0 bridgehead atoms. The Kier molecular flexibility index (Phi) is 5.51. The monoisotopic (exact) mass is 350 g/mol. The van der Waals surface area contributed by atoms with E-state index in [9.17, 15) is 9.59 Å². The van der Waals surface area contributed by atoms with E-state index in [0.717, 1.165) is 40.5 Å². The Morgan fingerprint density at radius 2 is 2.00 bits per heavy atom. The summed E-state index contributed by atoms with van der Waals surface area (Å²) >= 11 is 2.90. The molecule has 1 aromatic carbocycles. The van der Waals surface area contributed by atoms with Gasteiger partial charge in [0, 0.05) is 13.1 Å². The Morgan fingerprint density at radius 1 is 1.22 bits per heavy atom. The van der Waals surface area contributed by atoms with Gasteiger partial charge in [0.15, 0.2) is 10.9 Å². The van der Waals surface area contributed by atoms with Crippen molar-refractivity contribution >= 4 is 45.2 Å². The zero-order valence-corrected chi connectivity index (χ0v) is 14.3. The van der Waals surface area contributed by atoms with E-state index in [1.54, 1.807) is 16.2 Å². The molecule has 0 radical (unpaired) electrons. The smallest absolute Gasteiger partial charge is 0.316 e. The van der Waals surface area contributed by atoms with Crippen LogP contribution in [0.3, 0.4) is 0 Å². The molecule has 3 rings (SSSR count). The van der Waals surface area contributed by atoms with E-state index >= 15 is 0 Å². The summed E-state index contributed by atoms with van der Waals surface area (Å²) < 4.78 is 7.02. The molecule has 7 heteroatoms. The lowest BCUT2D eigenvalue weighted by molar-refractivity contribution is -0.150. The lowest BCUT2D eigenvalue weighted by atomic mass is 10.1. The lowest BCUT2D eigenvalue weighted by Crippen LogP contribution is -2.38. The summed E-state index contributed by atoms with van der Waals surface area (Å²) in [4.78, 5) is 29.9. The Morgan fingerprint density at radius 3 is 2.78 bits per heavy atom. The highest BCUT2D eigenvalue weighted by atomic mass is 32.2. The van der Waals surface area contributed by atoms with E-state index in [1.807, 2.05) is 24.3 Å². The molecule has 2 heterocycles. The molecule has 1 aromatic heterocycles. The SMILES string of the molecule is O=C(CSc1nc2ccccc2s1)OCC(=O)N1CCCCC1. The number of esters is 1. The largest absolute Gasteiger partial charge is 0.455 e. The van der Waals surface area contributed by atoms with Gasteiger partial charge in [-0.25, -0.2) is 4.98 Å². The molecule has 1 aliphatic heterocycles. The summed E-state index contributed by atoms with van der Waals surface area (Å²) in [5.74, 6) is -0.296. The molecular formula is C16H18N2O3S2. The second-order valence-corrected chi connectivity index (χ2v) is 7.59. The molecule has 1 amide bonds. The molecule has 1 saturated heterocycles. The van der Waals surface area contributed by atoms with Crippen LogP contribution < -0.4 is 0 Å². The van der Waals surface area contributed by atoms with E-state index in [4.69, 9.17) is 4.74 Å². The molecule has 0 N–H and O–H groups in total. The van der Waals surface area contributed by atoms with Crippen molar-refractivity contribution in [3.05, 3.63) is 24.3 Å². The van der Waals surface area contributed by atoms with Crippen LogP contribution in [0.5, 0.6) is 0 Å². The van der Waals surface area contributed by atoms with Crippen molar-refractivity contribution in [2.75, 3.05) is 25.4 Å². The Hall–Kier alpha value is -1.60. The molecule has 0 unspecified atom stereocenters. The van der Waals surface area contributed by atoms with Crippen LogP contribution in [0.2, 0.25) is 0 Å². The Labute approximate surface area is 143 Å². The molecule has 122 valence electrons. The van der Waals surface area contributed by atoms with Crippen molar-refractivity contribution in [1.29, 1.82) is 0 Å². The highest BCUT2D eigenvalue weighted by Crippen LogP contribution is 2.29. The first kappa shape index (κ1) is 16.3. The number of carbonyl (C=O) groups excluding carboxylic acids is 2. The van der Waals surface area contributed by atoms with Crippen molar-refractivity contribution in [2.45, 2.75) is 23.6 Å². The Balaban J connectivity index is 1.43. The third-order valence-electron chi connectivity index (χ3n) is 3.65. The molecule has 0 saturated carbocycles. The number of piperidine rings is 1. The van der Waals surface area contributed by atoms with Gasteiger partial charge in [0.1, 0.15) is 0 Å². The summed E-state index contributed by atoms with van der Waals surface area (Å²) in [6.45, 7) is 1.40. The maximum absolute atomic E-state index is 11.9. The molecule has 1 aliphatic rings. The summed E-state index contributed by atoms with van der Waals surface area (Å²) in [6.07, 6.45) is 3.24. The third kappa shape index (κ3) is 4.45. The highest BCUT2D eigenvalue weighted by Gasteiger charge is 2.18. The molecular weight excluding hydrogens is 332 g/mol. The predicted octanol–water partition coefficient (Wildman–Crippen LogP) is 2.94. The number of thioether (sulfide) groups is 1. The molecule has 0 aliphatic carbocycles. The van der Waals surface area contributed by atoms with Gasteiger partial charge >= 0.3 is 5.97 Å². The molecule has 5 nitrogen and oxygen atoms in total. The van der Waals surface area contributed by atoms with Gasteiger partial charge in [-0.3, -0.25) is 9.59 Å². The van der Waals surface area contributed by atoms with E-state index in [1.165, 1.54) is 18.2 Å². The fourth-order valence-electron chi connectivity index (χ4n) is 2.45. The number of ether oxygens (including phenoxy) is 1. The first-order chi connectivity index (χ1) is 11.2. The third-order valence-corrected chi connectivity index (χ3v) is 5.81. The number of amides is 1. The fourth-order valence-corrected chi connectivity index (χ4v) is 4.32. The van der Waals surface area contributed by atoms with E-state index in [-0.39, 0.29) is 24.2 Å². The number of para-hydroxylation sites is 1. The molecule has 0 atom stereocenters. The van der Waals surface area contributed by atoms with Crippen LogP contribution in [0, 0.1) is 0 Å².